The number of benzene rings is 1. The quantitative estimate of drug-likeness (QED) is 0.781. The van der Waals surface area contributed by atoms with Crippen molar-refractivity contribution >= 4 is 12.4 Å². The third-order valence-electron chi connectivity index (χ3n) is 3.83. The van der Waals surface area contributed by atoms with Crippen LogP contribution < -0.4 is 0 Å². The highest BCUT2D eigenvalue weighted by atomic mass is 35.5. The third kappa shape index (κ3) is 4.13. The van der Waals surface area contributed by atoms with E-state index in [4.69, 9.17) is 0 Å². The van der Waals surface area contributed by atoms with E-state index < -0.39 is 11.7 Å². The van der Waals surface area contributed by atoms with Crippen molar-refractivity contribution in [2.24, 2.45) is 0 Å². The minimum atomic E-state index is -4.24. The first-order valence-electron chi connectivity index (χ1n) is 6.91. The van der Waals surface area contributed by atoms with Crippen LogP contribution in [0.1, 0.15) is 43.2 Å². The normalized spacial score (nSPS) is 17.8. The molecule has 1 aromatic rings. The molecule has 1 saturated heterocycles. The Morgan fingerprint density at radius 1 is 1.15 bits per heavy atom. The molecule has 0 radical (unpaired) electrons. The zero-order valence-electron chi connectivity index (χ0n) is 11.6. The van der Waals surface area contributed by atoms with E-state index in [-0.39, 0.29) is 18.3 Å². The maximum Gasteiger partial charge on any atom is 0.416 e. The predicted octanol–water partition coefficient (Wildman–Crippen LogP) is 4.72. The van der Waals surface area contributed by atoms with Crippen molar-refractivity contribution in [3.63, 3.8) is 0 Å². The van der Waals surface area contributed by atoms with Gasteiger partial charge in [-0.3, -0.25) is 0 Å². The Morgan fingerprint density at radius 2 is 1.75 bits per heavy atom. The van der Waals surface area contributed by atoms with Crippen LogP contribution in [0.25, 0.3) is 0 Å². The summed E-state index contributed by atoms with van der Waals surface area (Å²) in [4.78, 5) is 2.34. The second-order valence-electron chi connectivity index (χ2n) is 5.20. The Bertz CT molecular complexity index is 412. The topological polar surface area (TPSA) is 3.24 Å². The fourth-order valence-corrected chi connectivity index (χ4v) is 2.89. The second kappa shape index (κ2) is 7.32. The number of rotatable bonds is 3. The van der Waals surface area contributed by atoms with E-state index in [9.17, 15) is 13.2 Å². The van der Waals surface area contributed by atoms with Gasteiger partial charge in [0.25, 0.3) is 0 Å². The van der Waals surface area contributed by atoms with Crippen LogP contribution >= 0.6 is 12.4 Å². The van der Waals surface area contributed by atoms with Crippen LogP contribution in [0.2, 0.25) is 0 Å². The van der Waals surface area contributed by atoms with E-state index in [1.165, 1.54) is 12.1 Å². The fraction of sp³-hybridized carbons (Fsp3) is 0.600. The molecule has 2 rings (SSSR count). The van der Waals surface area contributed by atoms with E-state index in [2.05, 4.69) is 11.8 Å². The first kappa shape index (κ1) is 17.3. The SMILES string of the molecule is CCCN1CCC(c2ccccc2C(F)(F)F)CC1.Cl. The Hall–Kier alpha value is -0.740. The van der Waals surface area contributed by atoms with Crippen LogP contribution in [0.15, 0.2) is 24.3 Å². The highest BCUT2D eigenvalue weighted by Crippen LogP contribution is 2.38. The van der Waals surface area contributed by atoms with Gasteiger partial charge in [-0.2, -0.15) is 13.2 Å². The Labute approximate surface area is 124 Å². The second-order valence-corrected chi connectivity index (χ2v) is 5.20. The lowest BCUT2D eigenvalue weighted by Gasteiger charge is -2.33. The van der Waals surface area contributed by atoms with Crippen molar-refractivity contribution in [2.45, 2.75) is 38.3 Å². The van der Waals surface area contributed by atoms with Gasteiger partial charge in [-0.05, 0) is 56.4 Å². The van der Waals surface area contributed by atoms with Crippen LogP contribution in [-0.4, -0.2) is 24.5 Å². The van der Waals surface area contributed by atoms with Gasteiger partial charge in [-0.25, -0.2) is 0 Å². The van der Waals surface area contributed by atoms with Gasteiger partial charge >= 0.3 is 6.18 Å². The Balaban J connectivity index is 0.00000200. The predicted molar refractivity (Wildman–Crippen MR) is 77.4 cm³/mol. The number of hydrogen-bond acceptors (Lipinski definition) is 1. The van der Waals surface area contributed by atoms with Crippen molar-refractivity contribution in [3.8, 4) is 0 Å². The van der Waals surface area contributed by atoms with Gasteiger partial charge < -0.3 is 4.90 Å². The summed E-state index contributed by atoms with van der Waals surface area (Å²) in [6.45, 7) is 4.99. The molecule has 1 nitrogen and oxygen atoms in total. The lowest BCUT2D eigenvalue weighted by Crippen LogP contribution is -2.33. The number of hydrogen-bond donors (Lipinski definition) is 0. The van der Waals surface area contributed by atoms with Gasteiger partial charge in [0.15, 0.2) is 0 Å². The summed E-state index contributed by atoms with van der Waals surface area (Å²) < 4.78 is 39.0. The number of nitrogens with zero attached hydrogens (tertiary/aromatic N) is 1. The van der Waals surface area contributed by atoms with E-state index in [1.54, 1.807) is 12.1 Å². The first-order valence-corrected chi connectivity index (χ1v) is 6.91. The molecule has 0 amide bonds. The summed E-state index contributed by atoms with van der Waals surface area (Å²) in [6, 6.07) is 6.03. The van der Waals surface area contributed by atoms with Gasteiger partial charge in [0, 0.05) is 0 Å². The lowest BCUT2D eigenvalue weighted by atomic mass is 9.86. The summed E-state index contributed by atoms with van der Waals surface area (Å²) >= 11 is 0. The molecule has 1 aliphatic heterocycles. The molecule has 5 heteroatoms. The third-order valence-corrected chi connectivity index (χ3v) is 3.83. The molecule has 1 aliphatic rings. The summed E-state index contributed by atoms with van der Waals surface area (Å²) in [5.41, 5.74) is 0.0232. The summed E-state index contributed by atoms with van der Waals surface area (Å²) in [7, 11) is 0. The highest BCUT2D eigenvalue weighted by Gasteiger charge is 2.35. The largest absolute Gasteiger partial charge is 0.416 e. The van der Waals surface area contributed by atoms with E-state index in [1.807, 2.05) is 0 Å². The van der Waals surface area contributed by atoms with Crippen molar-refractivity contribution in [1.29, 1.82) is 0 Å². The number of halogens is 4. The molecule has 1 fully saturated rings. The summed E-state index contributed by atoms with van der Waals surface area (Å²) in [6.07, 6.45) is -1.48. The average molecular weight is 308 g/mol. The molecule has 0 aromatic heterocycles. The summed E-state index contributed by atoms with van der Waals surface area (Å²) in [5.74, 6) is 0.0472. The number of likely N-dealkylation sites (tertiary alicyclic amines) is 1. The molecule has 1 aromatic carbocycles. The van der Waals surface area contributed by atoms with Crippen LogP contribution in [0.5, 0.6) is 0 Å². The van der Waals surface area contributed by atoms with Crippen molar-refractivity contribution < 1.29 is 13.2 Å². The van der Waals surface area contributed by atoms with Gasteiger partial charge in [0.05, 0.1) is 5.56 Å². The van der Waals surface area contributed by atoms with Gasteiger partial charge in [0.1, 0.15) is 0 Å². The van der Waals surface area contributed by atoms with Crippen molar-refractivity contribution in [3.05, 3.63) is 35.4 Å². The molecule has 0 N–H and O–H groups in total. The molecule has 114 valence electrons. The van der Waals surface area contributed by atoms with Crippen LogP contribution in [0.4, 0.5) is 13.2 Å². The molecular formula is C15H21ClF3N. The van der Waals surface area contributed by atoms with Crippen molar-refractivity contribution in [1.82, 2.24) is 4.90 Å². The zero-order valence-corrected chi connectivity index (χ0v) is 12.4. The molecule has 20 heavy (non-hydrogen) atoms. The van der Waals surface area contributed by atoms with Crippen LogP contribution in [0.3, 0.4) is 0 Å². The number of piperidine rings is 1. The first-order chi connectivity index (χ1) is 9.02. The Kier molecular flexibility index (Phi) is 6.34. The smallest absolute Gasteiger partial charge is 0.303 e. The van der Waals surface area contributed by atoms with Crippen LogP contribution in [-0.2, 0) is 6.18 Å². The van der Waals surface area contributed by atoms with E-state index in [0.29, 0.717) is 5.56 Å². The van der Waals surface area contributed by atoms with Gasteiger partial charge in [0.2, 0.25) is 0 Å². The Morgan fingerprint density at radius 3 is 2.30 bits per heavy atom. The molecule has 0 bridgehead atoms. The van der Waals surface area contributed by atoms with E-state index in [0.717, 1.165) is 38.9 Å². The standard InChI is InChI=1S/C15H20F3N.ClH/c1-2-9-19-10-7-12(8-11-19)13-5-3-4-6-14(13)15(16,17)18;/h3-6,12H,2,7-11H2,1H3;1H. The lowest BCUT2D eigenvalue weighted by molar-refractivity contribution is -0.138. The highest BCUT2D eigenvalue weighted by molar-refractivity contribution is 5.85. The molecule has 1 heterocycles. The zero-order chi connectivity index (χ0) is 13.9. The maximum atomic E-state index is 13.0. The average Bonchev–Trinajstić information content (AvgIpc) is 2.39. The fourth-order valence-electron chi connectivity index (χ4n) is 2.89. The number of alkyl halides is 3. The van der Waals surface area contributed by atoms with Crippen LogP contribution in [0, 0.1) is 0 Å². The minimum absolute atomic E-state index is 0. The molecule has 0 unspecified atom stereocenters. The van der Waals surface area contributed by atoms with Gasteiger partial charge in [-0.15, -0.1) is 12.4 Å². The molecule has 0 atom stereocenters. The molecule has 0 spiro atoms. The van der Waals surface area contributed by atoms with Crippen molar-refractivity contribution in [2.75, 3.05) is 19.6 Å². The maximum absolute atomic E-state index is 13.0. The van der Waals surface area contributed by atoms with E-state index >= 15 is 0 Å². The molecule has 0 saturated carbocycles. The summed E-state index contributed by atoms with van der Waals surface area (Å²) in [5, 5.41) is 0. The van der Waals surface area contributed by atoms with Gasteiger partial charge in [-0.1, -0.05) is 25.1 Å². The minimum Gasteiger partial charge on any atom is -0.303 e. The monoisotopic (exact) mass is 307 g/mol. The molecular weight excluding hydrogens is 287 g/mol. The molecule has 0 aliphatic carbocycles.